The Labute approximate surface area is 227 Å². The number of carbonyl (C=O) groups excluding carboxylic acids is 1. The molecule has 0 aliphatic carbocycles. The zero-order valence-corrected chi connectivity index (χ0v) is 23.6. The van der Waals surface area contributed by atoms with E-state index in [9.17, 15) is 23.1 Å². The van der Waals surface area contributed by atoms with E-state index >= 15 is 0 Å². The third-order valence-electron chi connectivity index (χ3n) is 7.96. The second kappa shape index (κ2) is 10.5. The summed E-state index contributed by atoms with van der Waals surface area (Å²) in [7, 11) is -0.646. The van der Waals surface area contributed by atoms with E-state index in [4.69, 9.17) is 0 Å². The van der Waals surface area contributed by atoms with Gasteiger partial charge in [-0.15, -0.1) is 0 Å². The van der Waals surface area contributed by atoms with Gasteiger partial charge in [0.25, 0.3) is 10.0 Å². The topological polar surface area (TPSA) is 135 Å². The van der Waals surface area contributed by atoms with Gasteiger partial charge in [0.05, 0.1) is 23.5 Å². The molecule has 212 valence electrons. The molecule has 2 aliphatic rings. The van der Waals surface area contributed by atoms with E-state index in [0.29, 0.717) is 24.9 Å². The summed E-state index contributed by atoms with van der Waals surface area (Å²) >= 11 is 0. The fourth-order valence-electron chi connectivity index (χ4n) is 6.17. The van der Waals surface area contributed by atoms with Crippen LogP contribution in [0.3, 0.4) is 0 Å². The van der Waals surface area contributed by atoms with Crippen LogP contribution in [0.15, 0.2) is 46.6 Å². The average Bonchev–Trinajstić information content (AvgIpc) is 3.50. The number of fused-ring (bicyclic) bond motifs is 3. The highest BCUT2D eigenvalue weighted by Crippen LogP contribution is 2.36. The fourth-order valence-corrected chi connectivity index (χ4v) is 7.34. The summed E-state index contributed by atoms with van der Waals surface area (Å²) in [6.45, 7) is 4.14. The van der Waals surface area contributed by atoms with E-state index in [-0.39, 0.29) is 41.4 Å². The molecule has 0 spiro atoms. The minimum Gasteiger partial charge on any atom is -0.390 e. The number of benzene rings is 1. The van der Waals surface area contributed by atoms with Gasteiger partial charge in [0.2, 0.25) is 0 Å². The molecule has 3 aromatic rings. The molecule has 2 bridgehead atoms. The zero-order chi connectivity index (χ0) is 28.1. The Kier molecular flexibility index (Phi) is 7.44. The van der Waals surface area contributed by atoms with Gasteiger partial charge < -0.3 is 15.0 Å². The molecule has 4 heterocycles. The minimum absolute atomic E-state index is 0.0438. The highest BCUT2D eigenvalue weighted by Gasteiger charge is 2.42. The van der Waals surface area contributed by atoms with Gasteiger partial charge in [-0.05, 0) is 51.7 Å². The third-order valence-corrected chi connectivity index (χ3v) is 9.67. The number of aromatic nitrogens is 4. The molecule has 0 saturated carbocycles. The number of piperidine rings is 1. The summed E-state index contributed by atoms with van der Waals surface area (Å²) in [5.41, 5.74) is 0.963. The smallest absolute Gasteiger partial charge is 0.337 e. The number of nitrogens with zero attached hydrogens (tertiary/aromatic N) is 6. The second-order valence-electron chi connectivity index (χ2n) is 11.1. The van der Waals surface area contributed by atoms with Crippen molar-refractivity contribution < 1.29 is 18.3 Å². The number of aliphatic hydroxyl groups is 1. The maximum atomic E-state index is 13.3. The highest BCUT2D eigenvalue weighted by atomic mass is 32.2. The molecule has 4 atom stereocenters. The van der Waals surface area contributed by atoms with E-state index in [2.05, 4.69) is 15.2 Å². The first-order valence-electron chi connectivity index (χ1n) is 13.4. The number of amides is 1. The van der Waals surface area contributed by atoms with Crippen LogP contribution in [0, 0.1) is 0 Å². The van der Waals surface area contributed by atoms with Gasteiger partial charge in [-0.3, -0.25) is 9.47 Å². The van der Waals surface area contributed by atoms with Crippen molar-refractivity contribution in [2.45, 2.75) is 74.8 Å². The molecule has 0 unspecified atom stereocenters. The predicted octanol–water partition coefficient (Wildman–Crippen LogP) is 1.35. The molecule has 2 fully saturated rings. The van der Waals surface area contributed by atoms with Crippen LogP contribution >= 0.6 is 0 Å². The molecule has 2 aliphatic heterocycles. The molecule has 12 nitrogen and oxygen atoms in total. The molecular weight excluding hydrogens is 522 g/mol. The lowest BCUT2D eigenvalue weighted by Gasteiger charge is -2.40. The molecule has 5 rings (SSSR count). The van der Waals surface area contributed by atoms with Crippen molar-refractivity contribution in [3.63, 3.8) is 0 Å². The summed E-state index contributed by atoms with van der Waals surface area (Å²) in [5, 5.41) is 13.8. The number of hydrogen-bond acceptors (Lipinski definition) is 7. The third kappa shape index (κ3) is 5.15. The number of likely N-dealkylation sites (N-methyl/N-ethyl adjacent to an activating group) is 1. The maximum absolute atomic E-state index is 13.3. The van der Waals surface area contributed by atoms with Crippen molar-refractivity contribution in [3.8, 4) is 0 Å². The first kappa shape index (κ1) is 27.6. The number of nitrogens with one attached hydrogen (secondary N) is 1. The minimum atomic E-state index is -3.79. The van der Waals surface area contributed by atoms with E-state index in [0.717, 1.165) is 22.7 Å². The Morgan fingerprint density at radius 1 is 1.18 bits per heavy atom. The number of aliphatic hydroxyl groups excluding tert-OH is 1. The molecule has 2 saturated heterocycles. The van der Waals surface area contributed by atoms with Gasteiger partial charge in [0, 0.05) is 57.5 Å². The summed E-state index contributed by atoms with van der Waals surface area (Å²) in [6, 6.07) is 7.04. The first-order chi connectivity index (χ1) is 18.5. The van der Waals surface area contributed by atoms with Gasteiger partial charge in [-0.1, -0.05) is 12.1 Å². The van der Waals surface area contributed by atoms with Crippen molar-refractivity contribution >= 4 is 27.1 Å². The van der Waals surface area contributed by atoms with E-state index in [1.54, 1.807) is 22.2 Å². The van der Waals surface area contributed by atoms with Gasteiger partial charge in [-0.25, -0.2) is 27.6 Å². The number of rotatable bonds is 8. The summed E-state index contributed by atoms with van der Waals surface area (Å²) in [6.07, 6.45) is 5.28. The monoisotopic (exact) mass is 559 g/mol. The predicted molar refractivity (Wildman–Crippen MR) is 146 cm³/mol. The lowest BCUT2D eigenvalue weighted by atomic mass is 9.97. The van der Waals surface area contributed by atoms with Crippen molar-refractivity contribution in [1.29, 1.82) is 0 Å². The molecular formula is C26H37N7O5S. The van der Waals surface area contributed by atoms with Crippen molar-refractivity contribution in [2.24, 2.45) is 7.05 Å². The largest absolute Gasteiger partial charge is 0.390 e. The molecule has 1 amide bonds. The van der Waals surface area contributed by atoms with Crippen LogP contribution in [0.25, 0.3) is 11.0 Å². The number of sulfonamides is 1. The zero-order valence-electron chi connectivity index (χ0n) is 22.8. The number of carbonyl (C=O) groups is 1. The Hall–Kier alpha value is -3.00. The van der Waals surface area contributed by atoms with Crippen molar-refractivity contribution in [3.05, 3.63) is 47.3 Å². The SMILES string of the molecule is CC(C)n1c(=O)n(C(=O)N[C@H]2C[C@H]3CC[C@@H](C2)N3C[C@@H](O)CN(C)S(=O)(=O)c2cn(C)cn2)c2ccccc21. The Balaban J connectivity index is 1.22. The molecule has 2 aromatic heterocycles. The fraction of sp³-hybridized carbons (Fsp3) is 0.577. The molecule has 0 radical (unpaired) electrons. The Morgan fingerprint density at radius 3 is 2.41 bits per heavy atom. The van der Waals surface area contributed by atoms with Gasteiger partial charge in [0.1, 0.15) is 0 Å². The summed E-state index contributed by atoms with van der Waals surface area (Å²) < 4.78 is 31.1. The lowest BCUT2D eigenvalue weighted by molar-refractivity contribution is 0.0472. The summed E-state index contributed by atoms with van der Waals surface area (Å²) in [5.74, 6) is 0. The van der Waals surface area contributed by atoms with Crippen LogP contribution in [0.1, 0.15) is 45.6 Å². The van der Waals surface area contributed by atoms with E-state index in [1.165, 1.54) is 24.1 Å². The molecule has 13 heteroatoms. The lowest BCUT2D eigenvalue weighted by Crippen LogP contribution is -2.54. The van der Waals surface area contributed by atoms with Gasteiger partial charge >= 0.3 is 11.7 Å². The summed E-state index contributed by atoms with van der Waals surface area (Å²) in [4.78, 5) is 32.7. The molecule has 39 heavy (non-hydrogen) atoms. The number of hydrogen-bond donors (Lipinski definition) is 2. The van der Waals surface area contributed by atoms with E-state index in [1.807, 2.05) is 32.0 Å². The van der Waals surface area contributed by atoms with Crippen LogP contribution in [0.2, 0.25) is 0 Å². The van der Waals surface area contributed by atoms with Gasteiger partial charge in [-0.2, -0.15) is 4.31 Å². The van der Waals surface area contributed by atoms with Crippen LogP contribution in [0.5, 0.6) is 0 Å². The van der Waals surface area contributed by atoms with Crippen LogP contribution in [-0.2, 0) is 17.1 Å². The maximum Gasteiger partial charge on any atom is 0.337 e. The standard InChI is InChI=1S/C26H37N7O5S/c1-17(2)32-22-7-5-6-8-23(22)33(26(32)36)25(35)28-18-11-19-9-10-20(12-18)31(19)14-21(34)13-30(4)39(37,38)24-15-29(3)16-27-24/h5-8,15-21,34H,9-14H2,1-4H3,(H,28,35)/t18-,19+,20-,21-/m0/s1. The number of imidazole rings is 2. The van der Waals surface area contributed by atoms with Crippen LogP contribution < -0.4 is 11.0 Å². The van der Waals surface area contributed by atoms with Crippen LogP contribution in [0.4, 0.5) is 4.79 Å². The Morgan fingerprint density at radius 2 is 1.82 bits per heavy atom. The number of aryl methyl sites for hydroxylation is 1. The Bertz CT molecular complexity index is 1510. The molecule has 1 aromatic carbocycles. The molecule has 2 N–H and O–H groups in total. The highest BCUT2D eigenvalue weighted by molar-refractivity contribution is 7.89. The van der Waals surface area contributed by atoms with Crippen LogP contribution in [-0.4, -0.2) is 91.8 Å². The van der Waals surface area contributed by atoms with E-state index < -0.39 is 22.2 Å². The average molecular weight is 560 g/mol. The number of para-hydroxylation sites is 2. The van der Waals surface area contributed by atoms with Crippen molar-refractivity contribution in [2.75, 3.05) is 20.1 Å². The quantitative estimate of drug-likeness (QED) is 0.425. The van der Waals surface area contributed by atoms with Gasteiger partial charge in [0.15, 0.2) is 5.03 Å². The first-order valence-corrected chi connectivity index (χ1v) is 14.8. The van der Waals surface area contributed by atoms with Crippen molar-refractivity contribution in [1.82, 2.24) is 33.2 Å². The normalized spacial score (nSPS) is 22.7. The second-order valence-corrected chi connectivity index (χ2v) is 13.1.